The van der Waals surface area contributed by atoms with Crippen molar-refractivity contribution < 1.29 is 5.11 Å². The van der Waals surface area contributed by atoms with Gasteiger partial charge in [0, 0.05) is 29.4 Å². The number of pyridine rings is 1. The molecule has 0 amide bonds. The Morgan fingerprint density at radius 1 is 1.47 bits per heavy atom. The number of thiophene rings is 1. The fourth-order valence-corrected chi connectivity index (χ4v) is 3.15. The molecule has 3 nitrogen and oxygen atoms in total. The number of piperidine rings is 1. The van der Waals surface area contributed by atoms with Crippen LogP contribution in [0.1, 0.15) is 13.3 Å². The lowest BCUT2D eigenvalue weighted by Crippen LogP contribution is -2.43. The Kier molecular flexibility index (Phi) is 2.76. The summed E-state index contributed by atoms with van der Waals surface area (Å²) in [7, 11) is 0. The Balaban J connectivity index is 1.96. The van der Waals surface area contributed by atoms with Crippen molar-refractivity contribution in [3.8, 4) is 0 Å². The zero-order valence-corrected chi connectivity index (χ0v) is 10.7. The first-order chi connectivity index (χ1) is 8.25. The van der Waals surface area contributed by atoms with E-state index >= 15 is 0 Å². The number of anilines is 1. The molecule has 90 valence electrons. The van der Waals surface area contributed by atoms with Crippen molar-refractivity contribution in [1.29, 1.82) is 0 Å². The number of rotatable bonds is 1. The first-order valence-corrected chi connectivity index (χ1v) is 6.89. The van der Waals surface area contributed by atoms with Crippen LogP contribution in [0.3, 0.4) is 0 Å². The van der Waals surface area contributed by atoms with Crippen molar-refractivity contribution in [3.63, 3.8) is 0 Å². The second-order valence-corrected chi connectivity index (χ2v) is 5.69. The van der Waals surface area contributed by atoms with Gasteiger partial charge in [0.05, 0.1) is 6.10 Å². The fraction of sp³-hybridized carbons (Fsp3) is 0.462. The maximum Gasteiger partial charge on any atom is 0.137 e. The molecule has 2 aromatic heterocycles. The van der Waals surface area contributed by atoms with Crippen molar-refractivity contribution in [2.24, 2.45) is 5.92 Å². The number of hydrogen-bond donors (Lipinski definition) is 1. The number of aliphatic hydroxyl groups is 1. The Labute approximate surface area is 105 Å². The average Bonchev–Trinajstić information content (AvgIpc) is 2.80. The third-order valence-electron chi connectivity index (χ3n) is 3.58. The summed E-state index contributed by atoms with van der Waals surface area (Å²) in [4.78, 5) is 6.69. The van der Waals surface area contributed by atoms with Gasteiger partial charge in [-0.1, -0.05) is 6.92 Å². The highest BCUT2D eigenvalue weighted by Crippen LogP contribution is 2.30. The monoisotopic (exact) mass is 248 g/mol. The first-order valence-electron chi connectivity index (χ1n) is 6.01. The number of hydrogen-bond acceptors (Lipinski definition) is 4. The SMILES string of the molecule is CC1CCN(c2nccc3sccc23)CC1O. The molecular formula is C13H16N2OS. The van der Waals surface area contributed by atoms with Crippen molar-refractivity contribution >= 4 is 27.2 Å². The predicted octanol–water partition coefficient (Wildman–Crippen LogP) is 2.50. The minimum Gasteiger partial charge on any atom is -0.391 e. The summed E-state index contributed by atoms with van der Waals surface area (Å²) in [5.41, 5.74) is 0. The molecule has 3 heterocycles. The average molecular weight is 248 g/mol. The Morgan fingerprint density at radius 3 is 3.18 bits per heavy atom. The molecule has 2 atom stereocenters. The Bertz CT molecular complexity index is 525. The third-order valence-corrected chi connectivity index (χ3v) is 4.46. The number of nitrogens with zero attached hydrogens (tertiary/aromatic N) is 2. The zero-order chi connectivity index (χ0) is 11.8. The molecule has 17 heavy (non-hydrogen) atoms. The molecule has 1 aliphatic rings. The number of fused-ring (bicyclic) bond motifs is 1. The van der Waals surface area contributed by atoms with Crippen LogP contribution in [0.25, 0.3) is 10.1 Å². The summed E-state index contributed by atoms with van der Waals surface area (Å²) in [5, 5.41) is 13.3. The van der Waals surface area contributed by atoms with Gasteiger partial charge >= 0.3 is 0 Å². The van der Waals surface area contributed by atoms with Crippen molar-refractivity contribution in [1.82, 2.24) is 4.98 Å². The molecule has 0 saturated carbocycles. The van der Waals surface area contributed by atoms with Gasteiger partial charge < -0.3 is 10.0 Å². The highest BCUT2D eigenvalue weighted by atomic mass is 32.1. The molecule has 0 aliphatic carbocycles. The van der Waals surface area contributed by atoms with Crippen LogP contribution < -0.4 is 4.90 Å². The molecule has 1 aliphatic heterocycles. The lowest BCUT2D eigenvalue weighted by atomic mass is 9.96. The van der Waals surface area contributed by atoms with Crippen LogP contribution in [0.4, 0.5) is 5.82 Å². The van der Waals surface area contributed by atoms with Crippen LogP contribution in [-0.2, 0) is 0 Å². The summed E-state index contributed by atoms with van der Waals surface area (Å²) in [6.07, 6.45) is 2.65. The highest BCUT2D eigenvalue weighted by Gasteiger charge is 2.25. The number of aliphatic hydroxyl groups excluding tert-OH is 1. The molecule has 3 rings (SSSR count). The zero-order valence-electron chi connectivity index (χ0n) is 9.84. The quantitative estimate of drug-likeness (QED) is 0.842. The van der Waals surface area contributed by atoms with E-state index in [9.17, 15) is 5.11 Å². The van der Waals surface area contributed by atoms with Crippen LogP contribution in [0.2, 0.25) is 0 Å². The number of aromatic nitrogens is 1. The first kappa shape index (κ1) is 11.0. The van der Waals surface area contributed by atoms with Crippen LogP contribution in [0, 0.1) is 5.92 Å². The minimum atomic E-state index is -0.237. The van der Waals surface area contributed by atoms with Crippen LogP contribution in [0.15, 0.2) is 23.7 Å². The molecule has 1 N–H and O–H groups in total. The van der Waals surface area contributed by atoms with Gasteiger partial charge in [-0.15, -0.1) is 11.3 Å². The molecule has 0 bridgehead atoms. The maximum atomic E-state index is 9.97. The van der Waals surface area contributed by atoms with Crippen molar-refractivity contribution in [3.05, 3.63) is 23.7 Å². The van der Waals surface area contributed by atoms with Crippen LogP contribution >= 0.6 is 11.3 Å². The van der Waals surface area contributed by atoms with Gasteiger partial charge in [-0.25, -0.2) is 4.98 Å². The molecule has 0 aromatic carbocycles. The van der Waals surface area contributed by atoms with Crippen molar-refractivity contribution in [2.75, 3.05) is 18.0 Å². The molecule has 2 unspecified atom stereocenters. The standard InChI is InChI=1S/C13H16N2OS/c1-9-3-6-15(8-11(9)16)13-10-4-7-17-12(10)2-5-14-13/h2,4-5,7,9,11,16H,3,6,8H2,1H3. The van der Waals surface area contributed by atoms with Gasteiger partial charge in [0.25, 0.3) is 0 Å². The molecular weight excluding hydrogens is 232 g/mol. The smallest absolute Gasteiger partial charge is 0.137 e. The van der Waals surface area contributed by atoms with Gasteiger partial charge in [-0.05, 0) is 29.9 Å². The largest absolute Gasteiger partial charge is 0.391 e. The van der Waals surface area contributed by atoms with E-state index in [4.69, 9.17) is 0 Å². The topological polar surface area (TPSA) is 36.4 Å². The summed E-state index contributed by atoms with van der Waals surface area (Å²) in [5.74, 6) is 1.42. The van der Waals surface area contributed by atoms with E-state index in [2.05, 4.69) is 28.3 Å². The fourth-order valence-electron chi connectivity index (χ4n) is 2.37. The number of β-amino-alcohol motifs (C(OH)–C–C–N with tert-alkyl or cyclic N) is 1. The maximum absolute atomic E-state index is 9.97. The lowest BCUT2D eigenvalue weighted by Gasteiger charge is -2.35. The van der Waals surface area contributed by atoms with E-state index in [1.165, 1.54) is 10.1 Å². The highest BCUT2D eigenvalue weighted by molar-refractivity contribution is 7.17. The van der Waals surface area contributed by atoms with E-state index in [1.807, 2.05) is 12.3 Å². The van der Waals surface area contributed by atoms with E-state index in [0.29, 0.717) is 12.5 Å². The van der Waals surface area contributed by atoms with Crippen LogP contribution in [0.5, 0.6) is 0 Å². The van der Waals surface area contributed by atoms with Crippen LogP contribution in [-0.4, -0.2) is 29.3 Å². The van der Waals surface area contributed by atoms with Crippen molar-refractivity contribution in [2.45, 2.75) is 19.4 Å². The van der Waals surface area contributed by atoms with Gasteiger partial charge in [0.2, 0.25) is 0 Å². The Hall–Kier alpha value is -1.13. The molecule has 0 radical (unpaired) electrons. The summed E-state index contributed by atoms with van der Waals surface area (Å²) < 4.78 is 1.27. The van der Waals surface area contributed by atoms with Gasteiger partial charge in [-0.3, -0.25) is 0 Å². The second-order valence-electron chi connectivity index (χ2n) is 4.75. The summed E-state index contributed by atoms with van der Waals surface area (Å²) in [6.45, 7) is 3.80. The third kappa shape index (κ3) is 1.91. The van der Waals surface area contributed by atoms with E-state index in [-0.39, 0.29) is 6.10 Å². The predicted molar refractivity (Wildman–Crippen MR) is 71.6 cm³/mol. The normalized spacial score (nSPS) is 25.4. The molecule has 1 fully saturated rings. The van der Waals surface area contributed by atoms with Gasteiger partial charge in [0.15, 0.2) is 0 Å². The van der Waals surface area contributed by atoms with Gasteiger partial charge in [0.1, 0.15) is 5.82 Å². The molecule has 1 saturated heterocycles. The second kappa shape index (κ2) is 4.27. The Morgan fingerprint density at radius 2 is 2.35 bits per heavy atom. The molecule has 0 spiro atoms. The summed E-state index contributed by atoms with van der Waals surface area (Å²) in [6, 6.07) is 4.17. The van der Waals surface area contributed by atoms with E-state index < -0.39 is 0 Å². The molecule has 2 aromatic rings. The minimum absolute atomic E-state index is 0.237. The van der Waals surface area contributed by atoms with Gasteiger partial charge in [-0.2, -0.15) is 0 Å². The van der Waals surface area contributed by atoms with E-state index in [0.717, 1.165) is 18.8 Å². The van der Waals surface area contributed by atoms with E-state index in [1.54, 1.807) is 11.3 Å². The lowest BCUT2D eigenvalue weighted by molar-refractivity contribution is 0.103. The molecule has 4 heteroatoms. The summed E-state index contributed by atoms with van der Waals surface area (Å²) >= 11 is 1.74.